The molecule has 3 rings (SSSR count). The standard InChI is InChI=1S/C21H22FN5/c1-2-24-21(27-14-17-8-7-15(12-23)11-19(17)22)25-10-9-16-13-26-20-6-4-3-5-18(16)20/h3-8,11,13,26H,2,9-10,14H2,1H3,(H2,24,25,27). The summed E-state index contributed by atoms with van der Waals surface area (Å²) in [7, 11) is 0. The lowest BCUT2D eigenvalue weighted by Gasteiger charge is -2.11. The number of rotatable bonds is 6. The van der Waals surface area contributed by atoms with Crippen molar-refractivity contribution in [3.05, 3.63) is 71.2 Å². The van der Waals surface area contributed by atoms with Crippen LogP contribution in [-0.4, -0.2) is 24.0 Å². The lowest BCUT2D eigenvalue weighted by molar-refractivity contribution is 0.609. The average molecular weight is 363 g/mol. The van der Waals surface area contributed by atoms with Crippen molar-refractivity contribution in [2.45, 2.75) is 19.9 Å². The molecule has 0 saturated carbocycles. The van der Waals surface area contributed by atoms with Crippen LogP contribution < -0.4 is 10.6 Å². The minimum atomic E-state index is -0.410. The third-order valence-electron chi connectivity index (χ3n) is 4.30. The van der Waals surface area contributed by atoms with E-state index in [1.54, 1.807) is 12.1 Å². The Kier molecular flexibility index (Phi) is 6.06. The van der Waals surface area contributed by atoms with Gasteiger partial charge in [-0.15, -0.1) is 0 Å². The van der Waals surface area contributed by atoms with Crippen LogP contribution in [0.15, 0.2) is 53.7 Å². The van der Waals surface area contributed by atoms with E-state index in [1.165, 1.54) is 17.0 Å². The number of para-hydroxylation sites is 1. The first kappa shape index (κ1) is 18.5. The van der Waals surface area contributed by atoms with Crippen molar-refractivity contribution in [3.8, 4) is 6.07 Å². The number of fused-ring (bicyclic) bond motifs is 1. The lowest BCUT2D eigenvalue weighted by Crippen LogP contribution is -2.38. The van der Waals surface area contributed by atoms with Gasteiger partial charge >= 0.3 is 0 Å². The van der Waals surface area contributed by atoms with Crippen LogP contribution in [0.2, 0.25) is 0 Å². The summed E-state index contributed by atoms with van der Waals surface area (Å²) in [6.07, 6.45) is 2.88. The predicted octanol–water partition coefficient (Wildman–Crippen LogP) is 3.48. The molecule has 27 heavy (non-hydrogen) atoms. The van der Waals surface area contributed by atoms with Crippen LogP contribution in [0.4, 0.5) is 4.39 Å². The van der Waals surface area contributed by atoms with Gasteiger partial charge in [0, 0.05) is 35.8 Å². The zero-order chi connectivity index (χ0) is 19.1. The van der Waals surface area contributed by atoms with Crippen LogP contribution in [0.1, 0.15) is 23.6 Å². The summed E-state index contributed by atoms with van der Waals surface area (Å²) in [5.41, 5.74) is 3.14. The highest BCUT2D eigenvalue weighted by Crippen LogP contribution is 2.17. The molecule has 1 aromatic heterocycles. The van der Waals surface area contributed by atoms with E-state index in [0.717, 1.165) is 18.5 Å². The van der Waals surface area contributed by atoms with Crippen LogP contribution in [0, 0.1) is 17.1 Å². The molecule has 1 heterocycles. The van der Waals surface area contributed by atoms with Crippen LogP contribution >= 0.6 is 0 Å². The van der Waals surface area contributed by atoms with Gasteiger partial charge in [0.2, 0.25) is 0 Å². The maximum Gasteiger partial charge on any atom is 0.191 e. The number of H-pyrrole nitrogens is 1. The highest BCUT2D eigenvalue weighted by molar-refractivity contribution is 5.83. The summed E-state index contributed by atoms with van der Waals surface area (Å²) in [6, 6.07) is 14.6. The van der Waals surface area contributed by atoms with Crippen molar-refractivity contribution in [3.63, 3.8) is 0 Å². The number of guanidine groups is 1. The molecule has 0 unspecified atom stereocenters. The van der Waals surface area contributed by atoms with E-state index in [2.05, 4.69) is 32.7 Å². The smallest absolute Gasteiger partial charge is 0.191 e. The van der Waals surface area contributed by atoms with Crippen LogP contribution in [0.25, 0.3) is 10.9 Å². The molecule has 138 valence electrons. The first-order chi connectivity index (χ1) is 13.2. The SMILES string of the molecule is CCNC(=NCc1ccc(C#N)cc1F)NCCc1c[nH]c2ccccc12. The third-order valence-corrected chi connectivity index (χ3v) is 4.30. The van der Waals surface area contributed by atoms with Crippen molar-refractivity contribution in [2.24, 2.45) is 4.99 Å². The molecule has 0 radical (unpaired) electrons. The van der Waals surface area contributed by atoms with Gasteiger partial charge in [0.05, 0.1) is 18.2 Å². The predicted molar refractivity (Wildman–Crippen MR) is 106 cm³/mol. The number of nitrogens with zero attached hydrogens (tertiary/aromatic N) is 2. The Labute approximate surface area is 157 Å². The Morgan fingerprint density at radius 3 is 2.81 bits per heavy atom. The van der Waals surface area contributed by atoms with Gasteiger partial charge in [-0.1, -0.05) is 24.3 Å². The second-order valence-electron chi connectivity index (χ2n) is 6.15. The van der Waals surface area contributed by atoms with Crippen molar-refractivity contribution in [1.82, 2.24) is 15.6 Å². The normalized spacial score (nSPS) is 11.4. The molecule has 0 aliphatic carbocycles. The minimum absolute atomic E-state index is 0.208. The van der Waals surface area contributed by atoms with Gasteiger partial charge in [-0.25, -0.2) is 9.38 Å². The zero-order valence-electron chi connectivity index (χ0n) is 15.2. The van der Waals surface area contributed by atoms with Crippen LogP contribution in [0.5, 0.6) is 0 Å². The maximum absolute atomic E-state index is 14.0. The molecule has 2 aromatic carbocycles. The summed E-state index contributed by atoms with van der Waals surface area (Å²) in [5.74, 6) is 0.230. The van der Waals surface area contributed by atoms with Gasteiger partial charge in [-0.05, 0) is 37.1 Å². The van der Waals surface area contributed by atoms with Crippen LogP contribution in [0.3, 0.4) is 0 Å². The number of nitrogens with one attached hydrogen (secondary N) is 3. The summed E-state index contributed by atoms with van der Waals surface area (Å²) < 4.78 is 14.0. The number of halogens is 1. The number of nitriles is 1. The molecule has 0 spiro atoms. The van der Waals surface area contributed by atoms with Gasteiger partial charge in [0.25, 0.3) is 0 Å². The molecule has 6 heteroatoms. The van der Waals surface area contributed by atoms with Gasteiger partial charge in [0.1, 0.15) is 5.82 Å². The van der Waals surface area contributed by atoms with E-state index < -0.39 is 5.82 Å². The summed E-state index contributed by atoms with van der Waals surface area (Å²) in [4.78, 5) is 7.72. The molecular weight excluding hydrogens is 341 g/mol. The molecule has 0 atom stereocenters. The van der Waals surface area contributed by atoms with Crippen LogP contribution in [-0.2, 0) is 13.0 Å². The number of aromatic amines is 1. The van der Waals surface area contributed by atoms with E-state index in [-0.39, 0.29) is 6.54 Å². The van der Waals surface area contributed by atoms with Crippen molar-refractivity contribution >= 4 is 16.9 Å². The number of hydrogen-bond acceptors (Lipinski definition) is 2. The fourth-order valence-electron chi connectivity index (χ4n) is 2.91. The number of hydrogen-bond donors (Lipinski definition) is 3. The number of aliphatic imine (C=N–C) groups is 1. The summed E-state index contributed by atoms with van der Waals surface area (Å²) in [6.45, 7) is 3.62. The Bertz CT molecular complexity index is 984. The van der Waals surface area contributed by atoms with Crippen molar-refractivity contribution < 1.29 is 4.39 Å². The first-order valence-corrected chi connectivity index (χ1v) is 8.97. The second-order valence-corrected chi connectivity index (χ2v) is 6.15. The Balaban J connectivity index is 1.61. The third kappa shape index (κ3) is 4.64. The van der Waals surface area contributed by atoms with E-state index in [4.69, 9.17) is 5.26 Å². The fraction of sp³-hybridized carbons (Fsp3) is 0.238. The molecule has 0 saturated heterocycles. The molecular formula is C21H22FN5. The maximum atomic E-state index is 14.0. The second kappa shape index (κ2) is 8.86. The molecule has 3 N–H and O–H groups in total. The Hall–Kier alpha value is -3.33. The number of benzene rings is 2. The summed E-state index contributed by atoms with van der Waals surface area (Å²) >= 11 is 0. The van der Waals surface area contributed by atoms with E-state index in [9.17, 15) is 4.39 Å². The topological polar surface area (TPSA) is 76.0 Å². The quantitative estimate of drug-likeness (QED) is 0.464. The first-order valence-electron chi connectivity index (χ1n) is 8.97. The zero-order valence-corrected chi connectivity index (χ0v) is 15.2. The fourth-order valence-corrected chi connectivity index (χ4v) is 2.91. The van der Waals surface area contributed by atoms with Crippen molar-refractivity contribution in [2.75, 3.05) is 13.1 Å². The Morgan fingerprint density at radius 1 is 1.19 bits per heavy atom. The minimum Gasteiger partial charge on any atom is -0.361 e. The molecule has 0 aliphatic rings. The van der Waals surface area contributed by atoms with Gasteiger partial charge < -0.3 is 15.6 Å². The van der Waals surface area contributed by atoms with E-state index in [0.29, 0.717) is 23.6 Å². The monoisotopic (exact) mass is 363 g/mol. The molecule has 3 aromatic rings. The van der Waals surface area contributed by atoms with Crippen molar-refractivity contribution in [1.29, 1.82) is 5.26 Å². The highest BCUT2D eigenvalue weighted by Gasteiger charge is 2.05. The largest absolute Gasteiger partial charge is 0.361 e. The van der Waals surface area contributed by atoms with Gasteiger partial charge in [0.15, 0.2) is 5.96 Å². The van der Waals surface area contributed by atoms with Gasteiger partial charge in [-0.2, -0.15) is 5.26 Å². The lowest BCUT2D eigenvalue weighted by atomic mass is 10.1. The summed E-state index contributed by atoms with van der Waals surface area (Å²) in [5, 5.41) is 16.5. The molecule has 0 fully saturated rings. The van der Waals surface area contributed by atoms with E-state index >= 15 is 0 Å². The molecule has 0 bridgehead atoms. The van der Waals surface area contributed by atoms with Gasteiger partial charge in [-0.3, -0.25) is 0 Å². The number of aromatic nitrogens is 1. The highest BCUT2D eigenvalue weighted by atomic mass is 19.1. The molecule has 0 aliphatic heterocycles. The van der Waals surface area contributed by atoms with E-state index in [1.807, 2.05) is 31.3 Å². The average Bonchev–Trinajstić information content (AvgIpc) is 3.10. The Morgan fingerprint density at radius 2 is 2.04 bits per heavy atom. The molecule has 5 nitrogen and oxygen atoms in total. The molecule has 0 amide bonds.